The molecule has 1 fully saturated rings. The monoisotopic (exact) mass is 264 g/mol. The van der Waals surface area contributed by atoms with Gasteiger partial charge in [0.1, 0.15) is 5.75 Å². The Balaban J connectivity index is 1.77. The second kappa shape index (κ2) is 7.21. The number of rotatable bonds is 6. The van der Waals surface area contributed by atoms with Gasteiger partial charge in [0.15, 0.2) is 5.78 Å². The molecule has 0 radical (unpaired) electrons. The van der Waals surface area contributed by atoms with E-state index in [9.17, 15) is 4.79 Å². The summed E-state index contributed by atoms with van der Waals surface area (Å²) >= 11 is 0. The standard InChI is InChI=1S/C14H20N2O3/c1-18-13-8-11(9-16-10-13)14(17)4-7-19-12-2-5-15-6-3-12/h8-10,12,15H,2-7H2,1H3. The molecule has 1 aromatic rings. The molecule has 0 saturated carbocycles. The van der Waals surface area contributed by atoms with E-state index in [-0.39, 0.29) is 11.9 Å². The van der Waals surface area contributed by atoms with Gasteiger partial charge in [0.2, 0.25) is 0 Å². The summed E-state index contributed by atoms with van der Waals surface area (Å²) in [4.78, 5) is 15.9. The highest BCUT2D eigenvalue weighted by Crippen LogP contribution is 2.13. The Morgan fingerprint density at radius 1 is 1.42 bits per heavy atom. The highest BCUT2D eigenvalue weighted by atomic mass is 16.5. The van der Waals surface area contributed by atoms with Gasteiger partial charge >= 0.3 is 0 Å². The summed E-state index contributed by atoms with van der Waals surface area (Å²) in [5.41, 5.74) is 0.577. The maximum Gasteiger partial charge on any atom is 0.166 e. The van der Waals surface area contributed by atoms with Gasteiger partial charge in [-0.2, -0.15) is 0 Å². The minimum absolute atomic E-state index is 0.0420. The van der Waals surface area contributed by atoms with Crippen molar-refractivity contribution in [3.63, 3.8) is 0 Å². The fourth-order valence-electron chi connectivity index (χ4n) is 2.11. The largest absolute Gasteiger partial charge is 0.495 e. The third-order valence-electron chi connectivity index (χ3n) is 3.24. The van der Waals surface area contributed by atoms with Gasteiger partial charge in [-0.05, 0) is 32.0 Å². The van der Waals surface area contributed by atoms with Crippen LogP contribution in [0.5, 0.6) is 5.75 Å². The zero-order chi connectivity index (χ0) is 13.5. The maximum atomic E-state index is 12.0. The van der Waals surface area contributed by atoms with E-state index in [0.29, 0.717) is 24.3 Å². The number of Topliss-reactive ketones (excluding diaryl/α,β-unsaturated/α-hetero) is 1. The first-order valence-electron chi connectivity index (χ1n) is 6.64. The lowest BCUT2D eigenvalue weighted by atomic mass is 10.1. The van der Waals surface area contributed by atoms with Crippen LogP contribution in [0.15, 0.2) is 18.5 Å². The van der Waals surface area contributed by atoms with Gasteiger partial charge in [-0.1, -0.05) is 0 Å². The van der Waals surface area contributed by atoms with Crippen LogP contribution in [0.3, 0.4) is 0 Å². The number of ether oxygens (including phenoxy) is 2. The highest BCUT2D eigenvalue weighted by Gasteiger charge is 2.14. The van der Waals surface area contributed by atoms with Crippen LogP contribution in [0.2, 0.25) is 0 Å². The smallest absolute Gasteiger partial charge is 0.166 e. The second-order valence-electron chi connectivity index (χ2n) is 4.61. The molecule has 1 N–H and O–H groups in total. The zero-order valence-electron chi connectivity index (χ0n) is 11.2. The normalized spacial score (nSPS) is 16.3. The molecule has 0 atom stereocenters. The van der Waals surface area contributed by atoms with Crippen LogP contribution in [0.1, 0.15) is 29.6 Å². The number of piperidine rings is 1. The summed E-state index contributed by atoms with van der Waals surface area (Å²) in [6.07, 6.45) is 5.87. The topological polar surface area (TPSA) is 60.5 Å². The van der Waals surface area contributed by atoms with Crippen LogP contribution in [-0.2, 0) is 4.74 Å². The number of hydrogen-bond donors (Lipinski definition) is 1. The van der Waals surface area contributed by atoms with Gasteiger partial charge in [0.25, 0.3) is 0 Å². The van der Waals surface area contributed by atoms with Crippen LogP contribution in [0.25, 0.3) is 0 Å². The van der Waals surface area contributed by atoms with E-state index in [1.807, 2.05) is 0 Å². The highest BCUT2D eigenvalue weighted by molar-refractivity contribution is 5.96. The molecule has 0 spiro atoms. The van der Waals surface area contributed by atoms with Gasteiger partial charge in [-0.3, -0.25) is 9.78 Å². The van der Waals surface area contributed by atoms with E-state index < -0.39 is 0 Å². The van der Waals surface area contributed by atoms with Gasteiger partial charge in [-0.25, -0.2) is 0 Å². The van der Waals surface area contributed by atoms with Crippen LogP contribution < -0.4 is 10.1 Å². The maximum absolute atomic E-state index is 12.0. The predicted octanol–water partition coefficient (Wildman–Crippen LogP) is 1.43. The molecule has 0 amide bonds. The van der Waals surface area contributed by atoms with Crippen molar-refractivity contribution in [3.05, 3.63) is 24.0 Å². The summed E-state index contributed by atoms with van der Waals surface area (Å²) in [6, 6.07) is 1.71. The molecular formula is C14H20N2O3. The van der Waals surface area contributed by atoms with Crippen molar-refractivity contribution in [3.8, 4) is 5.75 Å². The van der Waals surface area contributed by atoms with Crippen molar-refractivity contribution in [2.24, 2.45) is 0 Å². The fraction of sp³-hybridized carbons (Fsp3) is 0.571. The number of methoxy groups -OCH3 is 1. The summed E-state index contributed by atoms with van der Waals surface area (Å²) < 4.78 is 10.8. The van der Waals surface area contributed by atoms with Gasteiger partial charge < -0.3 is 14.8 Å². The molecule has 1 aliphatic heterocycles. The lowest BCUT2D eigenvalue weighted by Gasteiger charge is -2.22. The van der Waals surface area contributed by atoms with Crippen LogP contribution in [0, 0.1) is 0 Å². The fourth-order valence-corrected chi connectivity index (χ4v) is 2.11. The molecule has 5 nitrogen and oxygen atoms in total. The number of carbonyl (C=O) groups excluding carboxylic acids is 1. The second-order valence-corrected chi connectivity index (χ2v) is 4.61. The lowest BCUT2D eigenvalue weighted by molar-refractivity contribution is 0.0313. The van der Waals surface area contributed by atoms with Gasteiger partial charge in [0.05, 0.1) is 26.0 Å². The van der Waals surface area contributed by atoms with E-state index in [1.54, 1.807) is 25.6 Å². The molecule has 0 aliphatic carbocycles. The Hall–Kier alpha value is -1.46. The zero-order valence-corrected chi connectivity index (χ0v) is 11.2. The average molecular weight is 264 g/mol. The SMILES string of the molecule is COc1cncc(C(=O)CCOC2CCNCC2)c1. The molecule has 2 rings (SSSR count). The molecule has 0 aromatic carbocycles. The number of nitrogens with one attached hydrogen (secondary N) is 1. The first kappa shape index (κ1) is 14.0. The first-order chi connectivity index (χ1) is 9.29. The van der Waals surface area contributed by atoms with Crippen LogP contribution >= 0.6 is 0 Å². The van der Waals surface area contributed by atoms with Crippen LogP contribution in [-0.4, -0.2) is 43.7 Å². The number of nitrogens with zero attached hydrogens (tertiary/aromatic N) is 1. The van der Waals surface area contributed by atoms with E-state index in [2.05, 4.69) is 10.3 Å². The molecule has 19 heavy (non-hydrogen) atoms. The van der Waals surface area contributed by atoms with Crippen molar-refractivity contribution in [2.75, 3.05) is 26.8 Å². The molecule has 2 heterocycles. The van der Waals surface area contributed by atoms with Gasteiger partial charge in [0, 0.05) is 18.2 Å². The Kier molecular flexibility index (Phi) is 5.30. The summed E-state index contributed by atoms with van der Waals surface area (Å²) in [7, 11) is 1.56. The Morgan fingerprint density at radius 3 is 2.95 bits per heavy atom. The van der Waals surface area contributed by atoms with Gasteiger partial charge in [-0.15, -0.1) is 0 Å². The minimum atomic E-state index is 0.0420. The number of aromatic nitrogens is 1. The molecule has 5 heteroatoms. The number of hydrogen-bond acceptors (Lipinski definition) is 5. The molecule has 104 valence electrons. The molecule has 0 unspecified atom stereocenters. The first-order valence-corrected chi connectivity index (χ1v) is 6.64. The average Bonchev–Trinajstić information content (AvgIpc) is 2.48. The lowest BCUT2D eigenvalue weighted by Crippen LogP contribution is -2.32. The molecular weight excluding hydrogens is 244 g/mol. The Bertz CT molecular complexity index is 417. The molecule has 0 bridgehead atoms. The number of ketones is 1. The van der Waals surface area contributed by atoms with Crippen molar-refractivity contribution in [1.82, 2.24) is 10.3 Å². The quantitative estimate of drug-likeness (QED) is 0.788. The number of carbonyl (C=O) groups is 1. The summed E-state index contributed by atoms with van der Waals surface area (Å²) in [6.45, 7) is 2.47. The molecule has 1 aromatic heterocycles. The van der Waals surface area contributed by atoms with E-state index >= 15 is 0 Å². The third-order valence-corrected chi connectivity index (χ3v) is 3.24. The van der Waals surface area contributed by atoms with Crippen molar-refractivity contribution in [1.29, 1.82) is 0 Å². The summed E-state index contributed by atoms with van der Waals surface area (Å²) in [5, 5.41) is 3.28. The Morgan fingerprint density at radius 2 is 2.21 bits per heavy atom. The number of pyridine rings is 1. The third kappa shape index (κ3) is 4.29. The minimum Gasteiger partial charge on any atom is -0.495 e. The van der Waals surface area contributed by atoms with Crippen molar-refractivity contribution < 1.29 is 14.3 Å². The van der Waals surface area contributed by atoms with E-state index in [1.165, 1.54) is 0 Å². The van der Waals surface area contributed by atoms with E-state index in [4.69, 9.17) is 9.47 Å². The Labute approximate surface area is 113 Å². The molecule has 1 aliphatic rings. The van der Waals surface area contributed by atoms with E-state index in [0.717, 1.165) is 25.9 Å². The van der Waals surface area contributed by atoms with Crippen molar-refractivity contribution in [2.45, 2.75) is 25.4 Å². The van der Waals surface area contributed by atoms with Crippen LogP contribution in [0.4, 0.5) is 0 Å². The summed E-state index contributed by atoms with van der Waals surface area (Å²) in [5.74, 6) is 0.644. The predicted molar refractivity (Wildman–Crippen MR) is 71.6 cm³/mol. The molecule has 1 saturated heterocycles. The van der Waals surface area contributed by atoms with Crippen molar-refractivity contribution >= 4 is 5.78 Å².